The summed E-state index contributed by atoms with van der Waals surface area (Å²) >= 11 is 0. The highest BCUT2D eigenvalue weighted by molar-refractivity contribution is 5.90. The number of unbranched alkanes of at least 4 members (excludes halogenated alkanes) is 4. The van der Waals surface area contributed by atoms with Gasteiger partial charge in [0.2, 0.25) is 41.9 Å². The Balaban J connectivity index is 0.000000533. The van der Waals surface area contributed by atoms with Crippen molar-refractivity contribution in [1.29, 1.82) is 0 Å². The van der Waals surface area contributed by atoms with E-state index in [-0.39, 0.29) is 77.3 Å². The third kappa shape index (κ3) is 26.5. The fraction of sp³-hybridized carbons (Fsp3) is 0.519. The van der Waals surface area contributed by atoms with E-state index in [1.165, 1.54) is 19.6 Å². The average molecular weight is 987 g/mol. The van der Waals surface area contributed by atoms with Crippen LogP contribution in [0.15, 0.2) is 91.0 Å². The number of nitrogens with one attached hydrogen (secondary N) is 1. The van der Waals surface area contributed by atoms with E-state index in [1.54, 1.807) is 9.80 Å². The summed E-state index contributed by atoms with van der Waals surface area (Å²) in [7, 11) is 0. The Labute approximate surface area is 421 Å². The van der Waals surface area contributed by atoms with Gasteiger partial charge in [-0.15, -0.1) is 0 Å². The van der Waals surface area contributed by atoms with Gasteiger partial charge in [0.25, 0.3) is 0 Å². The van der Waals surface area contributed by atoms with Crippen LogP contribution in [-0.4, -0.2) is 169 Å². The van der Waals surface area contributed by atoms with Gasteiger partial charge in [-0.2, -0.15) is 0 Å². The van der Waals surface area contributed by atoms with Crippen LogP contribution in [0.25, 0.3) is 0 Å². The second-order valence-electron chi connectivity index (χ2n) is 17.2. The van der Waals surface area contributed by atoms with Crippen LogP contribution in [0, 0.1) is 0 Å². The molecule has 392 valence electrons. The van der Waals surface area contributed by atoms with Gasteiger partial charge in [-0.05, 0) is 108 Å². The van der Waals surface area contributed by atoms with Gasteiger partial charge in [-0.1, -0.05) is 91.0 Å². The first-order chi connectivity index (χ1) is 34.4. The van der Waals surface area contributed by atoms with E-state index in [4.69, 9.17) is 28.7 Å². The summed E-state index contributed by atoms with van der Waals surface area (Å²) in [5.41, 5.74) is 30.3. The number of hydrogen-bond acceptors (Lipinski definition) is 12. The van der Waals surface area contributed by atoms with Crippen molar-refractivity contribution in [3.05, 3.63) is 108 Å². The van der Waals surface area contributed by atoms with Gasteiger partial charge in [-0.25, -0.2) is 0 Å². The maximum absolute atomic E-state index is 13.7. The van der Waals surface area contributed by atoms with Crippen LogP contribution < -0.4 is 34.0 Å². The summed E-state index contributed by atoms with van der Waals surface area (Å²) in [6.07, 6.45) is 6.72. The number of likely N-dealkylation sites (N-methyl/N-ethyl adjacent to an activating group) is 1. The average Bonchev–Trinajstić information content (AvgIpc) is 3.37. The quantitative estimate of drug-likeness (QED) is 0.0355. The van der Waals surface area contributed by atoms with Crippen molar-refractivity contribution in [3.8, 4) is 0 Å². The normalized spacial score (nSPS) is 10.6. The largest absolute Gasteiger partial charge is 0.368 e. The Kier molecular flexibility index (Phi) is 32.2. The lowest BCUT2D eigenvalue weighted by Crippen LogP contribution is -2.50. The molecule has 0 unspecified atom stereocenters. The molecule has 0 radical (unpaired) electrons. The van der Waals surface area contributed by atoms with Gasteiger partial charge in [0.05, 0.1) is 26.2 Å². The van der Waals surface area contributed by atoms with Crippen LogP contribution >= 0.6 is 0 Å². The second-order valence-corrected chi connectivity index (χ2v) is 17.2. The van der Waals surface area contributed by atoms with Crippen molar-refractivity contribution in [2.45, 2.75) is 77.9 Å². The molecule has 0 saturated heterocycles. The highest BCUT2D eigenvalue weighted by Crippen LogP contribution is 2.11. The van der Waals surface area contributed by atoms with E-state index >= 15 is 0 Å². The molecule has 0 spiro atoms. The van der Waals surface area contributed by atoms with Crippen LogP contribution in [0.2, 0.25) is 0 Å². The zero-order chi connectivity index (χ0) is 52.1. The Morgan fingerprint density at radius 3 is 1.25 bits per heavy atom. The van der Waals surface area contributed by atoms with Gasteiger partial charge < -0.3 is 63.4 Å². The molecule has 0 heterocycles. The summed E-state index contributed by atoms with van der Waals surface area (Å²) in [6.45, 7) is 6.75. The first-order valence-corrected chi connectivity index (χ1v) is 24.9. The van der Waals surface area contributed by atoms with E-state index in [9.17, 15) is 33.6 Å². The molecule has 3 aromatic rings. The fourth-order valence-corrected chi connectivity index (χ4v) is 7.36. The zero-order valence-corrected chi connectivity index (χ0v) is 42.1. The summed E-state index contributed by atoms with van der Waals surface area (Å²) < 4.78 is 0. The number of carbonyl (C=O) groups is 7. The zero-order valence-electron chi connectivity index (χ0n) is 42.1. The molecule has 0 aromatic heterocycles. The molecule has 0 atom stereocenters. The summed E-state index contributed by atoms with van der Waals surface area (Å²) in [4.78, 5) is 98.3. The number of amides is 7. The number of nitrogens with two attached hydrogens (primary N) is 5. The topological polar surface area (TPSA) is 281 Å². The van der Waals surface area contributed by atoms with Crippen LogP contribution in [0.5, 0.6) is 0 Å². The Morgan fingerprint density at radius 1 is 0.451 bits per heavy atom. The lowest BCUT2D eigenvalue weighted by Gasteiger charge is -2.30. The maximum atomic E-state index is 13.7. The Bertz CT molecular complexity index is 1970. The predicted octanol–water partition coefficient (Wildman–Crippen LogP) is 1.23. The molecular weight excluding hydrogens is 905 g/mol. The van der Waals surface area contributed by atoms with E-state index in [1.807, 2.05) is 97.9 Å². The lowest BCUT2D eigenvalue weighted by atomic mass is 10.2. The number of rotatable bonds is 36. The van der Waals surface area contributed by atoms with Gasteiger partial charge in [0, 0.05) is 45.8 Å². The van der Waals surface area contributed by atoms with Gasteiger partial charge in [0.1, 0.15) is 13.1 Å². The molecule has 0 saturated carbocycles. The summed E-state index contributed by atoms with van der Waals surface area (Å²) in [6, 6.07) is 28.2. The molecule has 0 aliphatic rings. The molecule has 19 nitrogen and oxygen atoms in total. The van der Waals surface area contributed by atoms with E-state index in [2.05, 4.69) is 5.32 Å². The minimum atomic E-state index is -0.658. The van der Waals surface area contributed by atoms with Crippen molar-refractivity contribution in [2.24, 2.45) is 28.7 Å². The standard InChI is InChI=1S/C31H45N7O5.C21H37N5O2/c32-15-7-9-17-36(21-28(34)40)30(42)24-38(20-27-13-5-2-6-14-27)31(43)23-37(18-10-8-16-33)29(41)22-35(25-39)19-26-11-3-1-4-12-26;1-2-25(15-9-7-13-23)21(28)18-26(17-19-10-4-3-5-11-19)20(27)16-24-14-8-6-12-22/h1-6,11-14,25H,7-10,15-24,32-33H2,(H2,34,40);3-5,10-11,24H,2,6-9,12-18,22-23H2,1H3. The SMILES string of the molecule is CCN(CCCCN)C(=O)CN(Cc1ccccc1)C(=O)CNCCCCN.NCCCCN(CC(N)=O)C(=O)CN(Cc1ccccc1)C(=O)CN(CCCCN)C(=O)CN(C=O)Cc1ccccc1. The highest BCUT2D eigenvalue weighted by atomic mass is 16.2. The molecule has 0 aliphatic heterocycles. The van der Waals surface area contributed by atoms with Crippen LogP contribution in [0.3, 0.4) is 0 Å². The molecule has 0 bridgehead atoms. The van der Waals surface area contributed by atoms with Crippen molar-refractivity contribution in [3.63, 3.8) is 0 Å². The lowest BCUT2D eigenvalue weighted by molar-refractivity contribution is -0.146. The van der Waals surface area contributed by atoms with E-state index in [0.717, 1.165) is 48.9 Å². The predicted molar refractivity (Wildman–Crippen MR) is 277 cm³/mol. The maximum Gasteiger partial charge on any atom is 0.242 e. The summed E-state index contributed by atoms with van der Waals surface area (Å²) in [5.74, 6) is -2.02. The van der Waals surface area contributed by atoms with Gasteiger partial charge in [0.15, 0.2) is 0 Å². The molecule has 7 amide bonds. The number of benzene rings is 3. The van der Waals surface area contributed by atoms with Crippen LogP contribution in [-0.2, 0) is 53.2 Å². The molecule has 0 aliphatic carbocycles. The number of carbonyl (C=O) groups excluding carboxylic acids is 7. The molecular formula is C52H82N12O7. The van der Waals surface area contributed by atoms with E-state index < -0.39 is 23.6 Å². The van der Waals surface area contributed by atoms with Crippen molar-refractivity contribution >= 4 is 41.9 Å². The Morgan fingerprint density at radius 2 is 0.817 bits per heavy atom. The third-order valence-electron chi connectivity index (χ3n) is 11.3. The molecule has 71 heavy (non-hydrogen) atoms. The minimum absolute atomic E-state index is 0.0214. The third-order valence-corrected chi connectivity index (χ3v) is 11.3. The molecule has 0 fully saturated rings. The number of nitrogens with zero attached hydrogens (tertiary/aromatic N) is 6. The monoisotopic (exact) mass is 987 g/mol. The molecule has 19 heteroatoms. The first kappa shape index (κ1) is 60.9. The smallest absolute Gasteiger partial charge is 0.242 e. The minimum Gasteiger partial charge on any atom is -0.368 e. The van der Waals surface area contributed by atoms with Crippen molar-refractivity contribution in [1.82, 2.24) is 34.7 Å². The van der Waals surface area contributed by atoms with Crippen LogP contribution in [0.1, 0.15) is 75.0 Å². The van der Waals surface area contributed by atoms with Crippen molar-refractivity contribution < 1.29 is 33.6 Å². The molecule has 11 N–H and O–H groups in total. The highest BCUT2D eigenvalue weighted by Gasteiger charge is 2.27. The van der Waals surface area contributed by atoms with E-state index in [0.29, 0.717) is 77.9 Å². The fourth-order valence-electron chi connectivity index (χ4n) is 7.36. The van der Waals surface area contributed by atoms with Gasteiger partial charge in [-0.3, -0.25) is 33.6 Å². The molecule has 3 aromatic carbocycles. The number of primary amides is 1. The van der Waals surface area contributed by atoms with Gasteiger partial charge >= 0.3 is 0 Å². The summed E-state index contributed by atoms with van der Waals surface area (Å²) in [5, 5.41) is 3.16. The Hall–Kier alpha value is -6.25. The number of hydrogen-bond donors (Lipinski definition) is 6. The first-order valence-electron chi connectivity index (χ1n) is 24.9. The van der Waals surface area contributed by atoms with Crippen LogP contribution in [0.4, 0.5) is 0 Å². The second kappa shape index (κ2) is 37.6. The van der Waals surface area contributed by atoms with Crippen molar-refractivity contribution in [2.75, 3.05) is 98.2 Å². The molecule has 3 rings (SSSR count).